The number of primary amides is 1. The molecule has 29 heavy (non-hydrogen) atoms. The lowest BCUT2D eigenvalue weighted by molar-refractivity contribution is -0.144. The van der Waals surface area contributed by atoms with Gasteiger partial charge < -0.3 is 15.8 Å². The van der Waals surface area contributed by atoms with Crippen LogP contribution in [0.1, 0.15) is 60.3 Å². The van der Waals surface area contributed by atoms with Crippen molar-refractivity contribution in [3.63, 3.8) is 0 Å². The van der Waals surface area contributed by atoms with Crippen LogP contribution in [-0.4, -0.2) is 28.8 Å². The Morgan fingerprint density at radius 1 is 1.21 bits per heavy atom. The van der Waals surface area contributed by atoms with Crippen LogP contribution in [0, 0.1) is 0 Å². The molecule has 0 radical (unpaired) electrons. The average molecular weight is 403 g/mol. The number of pyridine rings is 1. The first-order chi connectivity index (χ1) is 13.6. The highest BCUT2D eigenvalue weighted by Gasteiger charge is 2.35. The Bertz CT molecular complexity index is 876. The second-order valence-electron chi connectivity index (χ2n) is 7.37. The van der Waals surface area contributed by atoms with Gasteiger partial charge in [-0.25, -0.2) is 4.98 Å². The first kappa shape index (κ1) is 20.7. The largest absolute Gasteiger partial charge is 0.482 e. The van der Waals surface area contributed by atoms with Crippen molar-refractivity contribution in [3.05, 3.63) is 59.4 Å². The molecule has 1 aromatic carbocycles. The van der Waals surface area contributed by atoms with Crippen molar-refractivity contribution in [2.75, 3.05) is 0 Å². The van der Waals surface area contributed by atoms with E-state index < -0.39 is 29.9 Å². The summed E-state index contributed by atoms with van der Waals surface area (Å²) in [6.45, 7) is 2.14. The molecular formula is C21H23F2N3O3. The molecule has 6 nitrogen and oxygen atoms in total. The second-order valence-corrected chi connectivity index (χ2v) is 7.37. The van der Waals surface area contributed by atoms with Gasteiger partial charge in [0.25, 0.3) is 11.8 Å². The fraction of sp³-hybridized carbons (Fsp3) is 0.381. The van der Waals surface area contributed by atoms with Crippen LogP contribution >= 0.6 is 0 Å². The number of benzene rings is 1. The third kappa shape index (κ3) is 5.28. The average Bonchev–Trinajstić information content (AvgIpc) is 3.51. The van der Waals surface area contributed by atoms with Gasteiger partial charge in [0, 0.05) is 6.92 Å². The molecule has 0 saturated heterocycles. The van der Waals surface area contributed by atoms with Gasteiger partial charge in [-0.15, -0.1) is 0 Å². The highest BCUT2D eigenvalue weighted by Crippen LogP contribution is 2.40. The molecule has 1 heterocycles. The lowest BCUT2D eigenvalue weighted by atomic mass is 10.00. The van der Waals surface area contributed by atoms with Crippen molar-refractivity contribution in [2.24, 2.45) is 5.73 Å². The topological polar surface area (TPSA) is 94.3 Å². The maximum Gasteiger partial charge on any atom is 0.321 e. The Morgan fingerprint density at radius 2 is 1.86 bits per heavy atom. The van der Waals surface area contributed by atoms with Gasteiger partial charge in [0.2, 0.25) is 0 Å². The third-order valence-corrected chi connectivity index (χ3v) is 4.78. The number of nitrogens with two attached hydrogens (primary N) is 1. The first-order valence-corrected chi connectivity index (χ1v) is 9.36. The molecule has 1 saturated carbocycles. The van der Waals surface area contributed by atoms with Gasteiger partial charge in [-0.05, 0) is 48.9 Å². The summed E-state index contributed by atoms with van der Waals surface area (Å²) in [4.78, 5) is 26.8. The number of hydrogen-bond donors (Lipinski definition) is 2. The smallest absolute Gasteiger partial charge is 0.321 e. The van der Waals surface area contributed by atoms with E-state index in [-0.39, 0.29) is 5.69 Å². The van der Waals surface area contributed by atoms with Crippen LogP contribution in [0.4, 0.5) is 8.78 Å². The van der Waals surface area contributed by atoms with E-state index in [1.165, 1.54) is 23.9 Å². The number of ether oxygens (including phenoxy) is 1. The Balaban J connectivity index is 1.83. The lowest BCUT2D eigenvalue weighted by Crippen LogP contribution is -2.46. The van der Waals surface area contributed by atoms with Crippen molar-refractivity contribution in [3.8, 4) is 5.75 Å². The van der Waals surface area contributed by atoms with Crippen LogP contribution in [0.25, 0.3) is 0 Å². The monoisotopic (exact) mass is 403 g/mol. The van der Waals surface area contributed by atoms with E-state index in [2.05, 4.69) is 10.3 Å². The lowest BCUT2D eigenvalue weighted by Gasteiger charge is -2.27. The van der Waals surface area contributed by atoms with Crippen molar-refractivity contribution in [1.82, 2.24) is 10.3 Å². The molecule has 0 bridgehead atoms. The van der Waals surface area contributed by atoms with Crippen molar-refractivity contribution >= 4 is 11.8 Å². The molecule has 154 valence electrons. The zero-order valence-electron chi connectivity index (χ0n) is 16.2. The van der Waals surface area contributed by atoms with E-state index in [9.17, 15) is 18.4 Å². The second kappa shape index (κ2) is 8.14. The number of nitrogens with zero attached hydrogens (tertiary/aromatic N) is 1. The number of alkyl halides is 2. The third-order valence-electron chi connectivity index (χ3n) is 4.78. The van der Waals surface area contributed by atoms with E-state index in [4.69, 9.17) is 10.5 Å². The fourth-order valence-electron chi connectivity index (χ4n) is 2.98. The van der Waals surface area contributed by atoms with Gasteiger partial charge in [-0.3, -0.25) is 9.59 Å². The minimum atomic E-state index is -3.50. The van der Waals surface area contributed by atoms with E-state index in [0.717, 1.165) is 18.4 Å². The number of rotatable bonds is 8. The van der Waals surface area contributed by atoms with Crippen LogP contribution in [0.2, 0.25) is 0 Å². The number of hydrogen-bond acceptors (Lipinski definition) is 4. The molecule has 1 unspecified atom stereocenters. The summed E-state index contributed by atoms with van der Waals surface area (Å²) in [7, 11) is 0. The first-order valence-electron chi connectivity index (χ1n) is 9.36. The Morgan fingerprint density at radius 3 is 2.34 bits per heavy atom. The Kier molecular flexibility index (Phi) is 5.81. The summed E-state index contributed by atoms with van der Waals surface area (Å²) in [6, 6.07) is 9.89. The minimum absolute atomic E-state index is 0.0784. The van der Waals surface area contributed by atoms with Gasteiger partial charge >= 0.3 is 5.92 Å². The van der Waals surface area contributed by atoms with Crippen LogP contribution < -0.4 is 15.8 Å². The maximum atomic E-state index is 13.3. The zero-order valence-corrected chi connectivity index (χ0v) is 16.2. The fourth-order valence-corrected chi connectivity index (χ4v) is 2.98. The quantitative estimate of drug-likeness (QED) is 0.707. The normalized spacial score (nSPS) is 16.0. The maximum absolute atomic E-state index is 13.3. The summed E-state index contributed by atoms with van der Waals surface area (Å²) in [5.74, 6) is -4.66. The molecule has 2 atom stereocenters. The molecular weight excluding hydrogens is 380 g/mol. The number of aromatic nitrogens is 1. The van der Waals surface area contributed by atoms with Crippen LogP contribution in [0.3, 0.4) is 0 Å². The predicted octanol–water partition coefficient (Wildman–Crippen LogP) is 3.34. The molecule has 3 N–H and O–H groups in total. The van der Waals surface area contributed by atoms with Crippen LogP contribution in [-0.2, 0) is 4.79 Å². The summed E-state index contributed by atoms with van der Waals surface area (Å²) < 4.78 is 32.6. The molecule has 1 aliphatic rings. The number of amides is 2. The minimum Gasteiger partial charge on any atom is -0.482 e. The number of nitrogens with one attached hydrogen (secondary N) is 1. The van der Waals surface area contributed by atoms with E-state index in [1.54, 1.807) is 6.92 Å². The van der Waals surface area contributed by atoms with Crippen molar-refractivity contribution in [1.29, 1.82) is 0 Å². The number of carbonyl (C=O) groups is 2. The summed E-state index contributed by atoms with van der Waals surface area (Å²) in [6.07, 6.45) is 2.91. The molecule has 3 rings (SSSR count). The summed E-state index contributed by atoms with van der Waals surface area (Å²) in [5, 5.41) is 2.31. The number of halogens is 2. The Labute approximate surface area is 167 Å². The standard InChI is InChI=1S/C21H23F2N3O3/c1-12(26-20(28)21(2,22)23)18(15-7-5-14(6-8-15)13-3-4-13)29-16-9-10-17(19(24)27)25-11-16/h5-13,18H,3-4H2,1-2H3,(H2,24,27)(H,26,28)/t12?,18-/m0/s1. The molecule has 0 spiro atoms. The van der Waals surface area contributed by atoms with Gasteiger partial charge in [0.1, 0.15) is 17.5 Å². The highest BCUT2D eigenvalue weighted by molar-refractivity contribution is 5.90. The summed E-state index contributed by atoms with van der Waals surface area (Å²) >= 11 is 0. The SMILES string of the molecule is CC(NC(=O)C(C)(F)F)[C@H](Oc1ccc(C(N)=O)nc1)c1ccc(C2CC2)cc1. The van der Waals surface area contributed by atoms with Crippen LogP contribution in [0.15, 0.2) is 42.6 Å². The molecule has 1 aliphatic carbocycles. The molecule has 1 fully saturated rings. The predicted molar refractivity (Wildman–Crippen MR) is 103 cm³/mol. The molecule has 2 amide bonds. The van der Waals surface area contributed by atoms with Crippen molar-refractivity contribution in [2.45, 2.75) is 50.7 Å². The molecule has 2 aromatic rings. The van der Waals surface area contributed by atoms with Gasteiger partial charge in [-0.1, -0.05) is 24.3 Å². The summed E-state index contributed by atoms with van der Waals surface area (Å²) in [5.41, 5.74) is 7.20. The van der Waals surface area contributed by atoms with Crippen LogP contribution in [0.5, 0.6) is 5.75 Å². The number of carbonyl (C=O) groups excluding carboxylic acids is 2. The van der Waals surface area contributed by atoms with E-state index in [1.807, 2.05) is 24.3 Å². The molecule has 1 aromatic heterocycles. The molecule has 8 heteroatoms. The van der Waals surface area contributed by atoms with Gasteiger partial charge in [0.15, 0.2) is 0 Å². The van der Waals surface area contributed by atoms with Gasteiger partial charge in [0.05, 0.1) is 12.2 Å². The molecule has 0 aliphatic heterocycles. The highest BCUT2D eigenvalue weighted by atomic mass is 19.3. The van der Waals surface area contributed by atoms with Crippen molar-refractivity contribution < 1.29 is 23.1 Å². The van der Waals surface area contributed by atoms with E-state index >= 15 is 0 Å². The zero-order chi connectivity index (χ0) is 21.2. The van der Waals surface area contributed by atoms with E-state index in [0.29, 0.717) is 18.6 Å². The Hall–Kier alpha value is -3.03. The van der Waals surface area contributed by atoms with Gasteiger partial charge in [-0.2, -0.15) is 8.78 Å².